The number of methoxy groups -OCH3 is 1. The number of halogens is 1. The van der Waals surface area contributed by atoms with Crippen LogP contribution in [0.15, 0.2) is 18.2 Å². The minimum atomic E-state index is -0.799. The molecule has 3 nitrogen and oxygen atoms in total. The van der Waals surface area contributed by atoms with Gasteiger partial charge in [-0.25, -0.2) is 0 Å². The number of benzene rings is 1. The van der Waals surface area contributed by atoms with E-state index < -0.39 is 5.97 Å². The first-order valence-electron chi connectivity index (χ1n) is 4.61. The van der Waals surface area contributed by atoms with Crippen LogP contribution in [0.25, 0.3) is 0 Å². The molecule has 0 aliphatic carbocycles. The Labute approximate surface area is 93.6 Å². The summed E-state index contributed by atoms with van der Waals surface area (Å²) >= 11 is 6.00. The molecule has 0 amide bonds. The van der Waals surface area contributed by atoms with Crippen molar-refractivity contribution in [3.05, 3.63) is 34.3 Å². The van der Waals surface area contributed by atoms with Gasteiger partial charge in [-0.2, -0.15) is 0 Å². The molecule has 1 aromatic carbocycles. The van der Waals surface area contributed by atoms with Gasteiger partial charge in [0.05, 0.1) is 6.61 Å². The Morgan fingerprint density at radius 1 is 1.53 bits per heavy atom. The zero-order valence-electron chi connectivity index (χ0n) is 8.50. The van der Waals surface area contributed by atoms with Crippen molar-refractivity contribution in [1.82, 2.24) is 0 Å². The zero-order chi connectivity index (χ0) is 11.3. The number of hydrogen-bond acceptors (Lipinski definition) is 2. The fraction of sp³-hybridized carbons (Fsp3) is 0.364. The van der Waals surface area contributed by atoms with E-state index in [1.54, 1.807) is 13.2 Å². The molecule has 0 aliphatic heterocycles. The highest BCUT2D eigenvalue weighted by molar-refractivity contribution is 6.31. The van der Waals surface area contributed by atoms with Crippen LogP contribution in [0.1, 0.15) is 17.5 Å². The van der Waals surface area contributed by atoms with Crippen LogP contribution in [0, 0.1) is 0 Å². The minimum absolute atomic E-state index is 0.125. The SMILES string of the molecule is COCc1ccc(CCC(=O)O)cc1Cl. The molecule has 1 rings (SSSR count). The summed E-state index contributed by atoms with van der Waals surface area (Å²) in [7, 11) is 1.61. The number of aliphatic carboxylic acids is 1. The topological polar surface area (TPSA) is 46.5 Å². The van der Waals surface area contributed by atoms with Gasteiger partial charge in [0.1, 0.15) is 0 Å². The lowest BCUT2D eigenvalue weighted by molar-refractivity contribution is -0.136. The zero-order valence-corrected chi connectivity index (χ0v) is 9.25. The van der Waals surface area contributed by atoms with Gasteiger partial charge in [0.15, 0.2) is 0 Å². The second kappa shape index (κ2) is 5.73. The second-order valence-corrected chi connectivity index (χ2v) is 3.66. The molecule has 15 heavy (non-hydrogen) atoms. The predicted molar refractivity (Wildman–Crippen MR) is 58.1 cm³/mol. The van der Waals surface area contributed by atoms with Crippen molar-refractivity contribution in [3.8, 4) is 0 Å². The Morgan fingerprint density at radius 3 is 2.80 bits per heavy atom. The van der Waals surface area contributed by atoms with E-state index in [4.69, 9.17) is 21.4 Å². The highest BCUT2D eigenvalue weighted by Crippen LogP contribution is 2.19. The highest BCUT2D eigenvalue weighted by atomic mass is 35.5. The first-order valence-corrected chi connectivity index (χ1v) is 4.99. The van der Waals surface area contributed by atoms with Crippen molar-refractivity contribution < 1.29 is 14.6 Å². The van der Waals surface area contributed by atoms with Gasteiger partial charge in [-0.1, -0.05) is 23.7 Å². The molecule has 0 radical (unpaired) electrons. The van der Waals surface area contributed by atoms with Crippen LogP contribution in [-0.2, 0) is 22.6 Å². The van der Waals surface area contributed by atoms with Crippen molar-refractivity contribution in [2.24, 2.45) is 0 Å². The summed E-state index contributed by atoms with van der Waals surface area (Å²) in [6, 6.07) is 5.53. The van der Waals surface area contributed by atoms with Crippen molar-refractivity contribution in [2.45, 2.75) is 19.4 Å². The van der Waals surface area contributed by atoms with Crippen molar-refractivity contribution in [3.63, 3.8) is 0 Å². The van der Waals surface area contributed by atoms with E-state index >= 15 is 0 Å². The van der Waals surface area contributed by atoms with Gasteiger partial charge in [-0.3, -0.25) is 4.79 Å². The van der Waals surface area contributed by atoms with Crippen LogP contribution in [0.5, 0.6) is 0 Å². The number of hydrogen-bond donors (Lipinski definition) is 1. The fourth-order valence-electron chi connectivity index (χ4n) is 1.27. The van der Waals surface area contributed by atoms with Crippen LogP contribution in [-0.4, -0.2) is 18.2 Å². The van der Waals surface area contributed by atoms with Gasteiger partial charge >= 0.3 is 5.97 Å². The Bertz CT molecular complexity index is 350. The average Bonchev–Trinajstić information content (AvgIpc) is 2.19. The summed E-state index contributed by atoms with van der Waals surface area (Å²) in [5.74, 6) is -0.799. The van der Waals surface area contributed by atoms with Crippen molar-refractivity contribution >= 4 is 17.6 Å². The summed E-state index contributed by atoms with van der Waals surface area (Å²) in [5.41, 5.74) is 1.85. The molecule has 0 saturated heterocycles. The molecule has 0 bridgehead atoms. The summed E-state index contributed by atoms with van der Waals surface area (Å²) in [6.45, 7) is 0.470. The third-order valence-corrected chi connectivity index (χ3v) is 2.40. The largest absolute Gasteiger partial charge is 0.481 e. The molecule has 0 unspecified atom stereocenters. The molecule has 1 N–H and O–H groups in total. The van der Waals surface area contributed by atoms with E-state index in [2.05, 4.69) is 0 Å². The van der Waals surface area contributed by atoms with Gasteiger partial charge in [0, 0.05) is 18.6 Å². The van der Waals surface area contributed by atoms with Gasteiger partial charge in [0.25, 0.3) is 0 Å². The third-order valence-electron chi connectivity index (χ3n) is 2.04. The molecule has 1 aromatic rings. The van der Waals surface area contributed by atoms with Crippen molar-refractivity contribution in [2.75, 3.05) is 7.11 Å². The number of ether oxygens (including phenoxy) is 1. The first kappa shape index (κ1) is 12.0. The molecule has 0 saturated carbocycles. The predicted octanol–water partition coefficient (Wildman–Crippen LogP) is 2.50. The van der Waals surface area contributed by atoms with Crippen molar-refractivity contribution in [1.29, 1.82) is 0 Å². The molecule has 4 heteroatoms. The van der Waals surface area contributed by atoms with Gasteiger partial charge in [-0.05, 0) is 23.6 Å². The summed E-state index contributed by atoms with van der Waals surface area (Å²) in [5, 5.41) is 9.15. The van der Waals surface area contributed by atoms with E-state index in [-0.39, 0.29) is 6.42 Å². The smallest absolute Gasteiger partial charge is 0.303 e. The Hall–Kier alpha value is -1.06. The Kier molecular flexibility index (Phi) is 4.59. The summed E-state index contributed by atoms with van der Waals surface area (Å²) in [4.78, 5) is 10.4. The number of rotatable bonds is 5. The van der Waals surface area contributed by atoms with Gasteiger partial charge in [-0.15, -0.1) is 0 Å². The number of carboxylic acids is 1. The third kappa shape index (κ3) is 3.90. The lowest BCUT2D eigenvalue weighted by atomic mass is 10.1. The minimum Gasteiger partial charge on any atom is -0.481 e. The van der Waals surface area contributed by atoms with E-state index in [0.717, 1.165) is 11.1 Å². The quantitative estimate of drug-likeness (QED) is 0.842. The van der Waals surface area contributed by atoms with Gasteiger partial charge < -0.3 is 9.84 Å². The van der Waals surface area contributed by atoms with E-state index in [1.807, 2.05) is 12.1 Å². The summed E-state index contributed by atoms with van der Waals surface area (Å²) in [6.07, 6.45) is 0.627. The van der Waals surface area contributed by atoms with Crippen LogP contribution < -0.4 is 0 Å². The summed E-state index contributed by atoms with van der Waals surface area (Å²) < 4.78 is 4.97. The molecule has 0 aliphatic rings. The van der Waals surface area contributed by atoms with Crippen LogP contribution in [0.3, 0.4) is 0 Å². The first-order chi connectivity index (χ1) is 7.13. The number of carbonyl (C=O) groups is 1. The molecule has 82 valence electrons. The van der Waals surface area contributed by atoms with Crippen LogP contribution >= 0.6 is 11.6 Å². The van der Waals surface area contributed by atoms with E-state index in [1.165, 1.54) is 0 Å². The average molecular weight is 229 g/mol. The highest BCUT2D eigenvalue weighted by Gasteiger charge is 2.03. The van der Waals surface area contributed by atoms with E-state index in [0.29, 0.717) is 18.1 Å². The number of aryl methyl sites for hydroxylation is 1. The van der Waals surface area contributed by atoms with E-state index in [9.17, 15) is 4.79 Å². The molecule has 0 aromatic heterocycles. The maximum atomic E-state index is 10.4. The second-order valence-electron chi connectivity index (χ2n) is 3.25. The molecule has 0 fully saturated rings. The molecular weight excluding hydrogens is 216 g/mol. The molecule has 0 spiro atoms. The Balaban J connectivity index is 2.68. The number of carboxylic acid groups (broad SMARTS) is 1. The molecule has 0 atom stereocenters. The van der Waals surface area contributed by atoms with Crippen LogP contribution in [0.2, 0.25) is 5.02 Å². The monoisotopic (exact) mass is 228 g/mol. The molecule has 0 heterocycles. The Morgan fingerprint density at radius 2 is 2.27 bits per heavy atom. The lowest BCUT2D eigenvalue weighted by Gasteiger charge is -2.05. The van der Waals surface area contributed by atoms with Gasteiger partial charge in [0.2, 0.25) is 0 Å². The molecular formula is C11H13ClO3. The standard InChI is InChI=1S/C11H13ClO3/c1-15-7-9-4-2-8(6-10(9)12)3-5-11(13)14/h2,4,6H,3,5,7H2,1H3,(H,13,14). The van der Waals surface area contributed by atoms with Crippen LogP contribution in [0.4, 0.5) is 0 Å². The lowest BCUT2D eigenvalue weighted by Crippen LogP contribution is -1.98. The normalized spacial score (nSPS) is 10.3. The maximum Gasteiger partial charge on any atom is 0.303 e. The maximum absolute atomic E-state index is 10.4. The fourth-order valence-corrected chi connectivity index (χ4v) is 1.53.